The van der Waals surface area contributed by atoms with Crippen LogP contribution in [0.3, 0.4) is 0 Å². The Bertz CT molecular complexity index is 923. The van der Waals surface area contributed by atoms with Crippen LogP contribution in [0.25, 0.3) is 0 Å². The van der Waals surface area contributed by atoms with Gasteiger partial charge in [-0.3, -0.25) is 9.35 Å². The van der Waals surface area contributed by atoms with E-state index in [1.807, 2.05) is 0 Å². The molecule has 0 fully saturated rings. The fourth-order valence-electron chi connectivity index (χ4n) is 4.94. The smallest absolute Gasteiger partial charge is 0.323 e. The van der Waals surface area contributed by atoms with Gasteiger partial charge in [-0.25, -0.2) is 0 Å². The molecule has 0 heterocycles. The van der Waals surface area contributed by atoms with E-state index in [1.54, 1.807) is 0 Å². The molecule has 0 aromatic rings. The molecular weight excluding hydrogens is 752 g/mol. The van der Waals surface area contributed by atoms with Gasteiger partial charge in [-0.1, -0.05) is 76.9 Å². The molecule has 0 aliphatic heterocycles. The topological polar surface area (TPSA) is 173 Å². The number of unbranched alkanes of at least 4 members (excludes halogenated alkanes) is 12. The summed E-state index contributed by atoms with van der Waals surface area (Å²) in [5, 5.41) is 0. The van der Waals surface area contributed by atoms with Crippen LogP contribution >= 0.6 is 0 Å². The number of rotatable bonds is 48. The van der Waals surface area contributed by atoms with E-state index in [-0.39, 0.29) is 19.8 Å². The van der Waals surface area contributed by atoms with E-state index in [0.29, 0.717) is 112 Å². The van der Waals surface area contributed by atoms with Crippen LogP contribution in [0.1, 0.15) is 96.8 Å². The fourth-order valence-corrected chi connectivity index (χ4v) is 5.32. The minimum Gasteiger partial charge on any atom is -0.462 e. The Morgan fingerprint density at radius 3 is 0.982 bits per heavy atom. The zero-order chi connectivity index (χ0) is 40.7. The standard InChI is InChI=1S/C40H78O15S/c1-2-3-4-5-6-7-8-9-10-11-12-13-14-15-16-17-18-45-19-20-46-21-22-47-23-24-48-25-26-49-27-28-50-29-30-51-31-32-52-33-34-53-35-36-54-37-38-55-40(41)39-56(42,43)44/h9-10H,2-8,11-39H2,1H3,(H,42,43,44)/b10-9+. The number of ether oxygens (including phenoxy) is 11. The van der Waals surface area contributed by atoms with Gasteiger partial charge in [0.15, 0.2) is 5.75 Å². The summed E-state index contributed by atoms with van der Waals surface area (Å²) in [5.74, 6) is -2.11. The van der Waals surface area contributed by atoms with E-state index in [9.17, 15) is 13.2 Å². The van der Waals surface area contributed by atoms with E-state index in [1.165, 1.54) is 83.5 Å². The molecule has 1 N–H and O–H groups in total. The number of hydrogen-bond donors (Lipinski definition) is 1. The zero-order valence-corrected chi connectivity index (χ0v) is 35.5. The molecule has 0 bridgehead atoms. The van der Waals surface area contributed by atoms with Gasteiger partial charge in [0, 0.05) is 6.61 Å². The van der Waals surface area contributed by atoms with Gasteiger partial charge in [0.05, 0.1) is 126 Å². The minimum absolute atomic E-state index is 0.0873. The molecule has 0 atom stereocenters. The second kappa shape index (κ2) is 46.4. The Labute approximate surface area is 338 Å². The fraction of sp³-hybridized carbons (Fsp3) is 0.925. The average Bonchev–Trinajstić information content (AvgIpc) is 3.17. The molecule has 16 heteroatoms. The summed E-state index contributed by atoms with van der Waals surface area (Å²) in [7, 11) is -4.39. The first kappa shape index (κ1) is 54.7. The lowest BCUT2D eigenvalue weighted by Gasteiger charge is -2.09. The highest BCUT2D eigenvalue weighted by molar-refractivity contribution is 7.86. The molecule has 0 aliphatic rings. The van der Waals surface area contributed by atoms with E-state index >= 15 is 0 Å². The summed E-state index contributed by atoms with van der Waals surface area (Å²) in [5.41, 5.74) is 0. The summed E-state index contributed by atoms with van der Waals surface area (Å²) in [6.45, 7) is 11.6. The first-order valence-corrected chi connectivity index (χ1v) is 22.6. The Morgan fingerprint density at radius 1 is 0.393 bits per heavy atom. The molecule has 0 saturated carbocycles. The van der Waals surface area contributed by atoms with Crippen LogP contribution in [-0.4, -0.2) is 163 Å². The van der Waals surface area contributed by atoms with Crippen LogP contribution in [0.5, 0.6) is 0 Å². The predicted molar refractivity (Wildman–Crippen MR) is 215 cm³/mol. The van der Waals surface area contributed by atoms with Gasteiger partial charge in [-0.2, -0.15) is 8.42 Å². The first-order chi connectivity index (χ1) is 27.5. The van der Waals surface area contributed by atoms with Crippen LogP contribution in [0.4, 0.5) is 0 Å². The van der Waals surface area contributed by atoms with E-state index in [2.05, 4.69) is 23.8 Å². The molecule has 0 spiro atoms. The molecule has 334 valence electrons. The van der Waals surface area contributed by atoms with Crippen molar-refractivity contribution < 1.29 is 69.9 Å². The third-order valence-corrected chi connectivity index (χ3v) is 8.54. The largest absolute Gasteiger partial charge is 0.462 e. The van der Waals surface area contributed by atoms with Crippen molar-refractivity contribution in [2.75, 3.05) is 144 Å². The van der Waals surface area contributed by atoms with Crippen molar-refractivity contribution in [2.45, 2.75) is 96.8 Å². The number of esters is 1. The van der Waals surface area contributed by atoms with Gasteiger partial charge in [-0.05, 0) is 32.1 Å². The van der Waals surface area contributed by atoms with Gasteiger partial charge in [-0.15, -0.1) is 0 Å². The number of hydrogen-bond acceptors (Lipinski definition) is 14. The highest BCUT2D eigenvalue weighted by Crippen LogP contribution is 2.10. The molecule has 0 radical (unpaired) electrons. The van der Waals surface area contributed by atoms with Gasteiger partial charge >= 0.3 is 5.97 Å². The maximum Gasteiger partial charge on any atom is 0.323 e. The van der Waals surface area contributed by atoms with Crippen molar-refractivity contribution in [1.29, 1.82) is 0 Å². The molecule has 56 heavy (non-hydrogen) atoms. The lowest BCUT2D eigenvalue weighted by Crippen LogP contribution is -2.20. The second-order valence-electron chi connectivity index (χ2n) is 13.0. The molecule has 0 unspecified atom stereocenters. The summed E-state index contributed by atoms with van der Waals surface area (Å²) in [4.78, 5) is 11.1. The van der Waals surface area contributed by atoms with Crippen molar-refractivity contribution in [3.8, 4) is 0 Å². The Kier molecular flexibility index (Phi) is 45.3. The average molecular weight is 831 g/mol. The van der Waals surface area contributed by atoms with Gasteiger partial charge in [0.1, 0.15) is 6.61 Å². The summed E-state index contributed by atoms with van der Waals surface area (Å²) in [6.07, 6.45) is 23.1. The number of carbonyl (C=O) groups is 1. The molecule has 0 aromatic heterocycles. The van der Waals surface area contributed by atoms with Crippen molar-refractivity contribution in [2.24, 2.45) is 0 Å². The molecule has 0 amide bonds. The van der Waals surface area contributed by atoms with E-state index in [0.717, 1.165) is 13.0 Å². The third-order valence-electron chi connectivity index (χ3n) is 7.94. The van der Waals surface area contributed by atoms with Gasteiger partial charge in [0.25, 0.3) is 10.1 Å². The summed E-state index contributed by atoms with van der Waals surface area (Å²) >= 11 is 0. The molecule has 0 rings (SSSR count). The molecule has 15 nitrogen and oxygen atoms in total. The molecule has 0 aliphatic carbocycles. The molecular formula is C40H78O15S. The highest BCUT2D eigenvalue weighted by Gasteiger charge is 2.13. The Hall–Kier alpha value is -1.28. The van der Waals surface area contributed by atoms with Crippen LogP contribution in [0, 0.1) is 0 Å². The van der Waals surface area contributed by atoms with Crippen molar-refractivity contribution in [3.63, 3.8) is 0 Å². The maximum atomic E-state index is 11.1. The summed E-state index contributed by atoms with van der Waals surface area (Å²) in [6, 6.07) is 0. The van der Waals surface area contributed by atoms with Crippen LogP contribution < -0.4 is 0 Å². The lowest BCUT2D eigenvalue weighted by atomic mass is 10.1. The Morgan fingerprint density at radius 2 is 0.661 bits per heavy atom. The van der Waals surface area contributed by atoms with Crippen LogP contribution in [0.15, 0.2) is 12.2 Å². The van der Waals surface area contributed by atoms with Gasteiger partial charge < -0.3 is 52.1 Å². The monoisotopic (exact) mass is 831 g/mol. The van der Waals surface area contributed by atoms with Crippen LogP contribution in [-0.2, 0) is 67.0 Å². The van der Waals surface area contributed by atoms with E-state index in [4.69, 9.17) is 51.9 Å². The SMILES string of the molecule is CCCCCCCC/C=C/CCCCCCCCOCCOCCOCCOCCOCCOCCOCCOCCOCCOCCOC(=O)CS(=O)(=O)O. The van der Waals surface area contributed by atoms with Crippen molar-refractivity contribution in [3.05, 3.63) is 12.2 Å². The molecule has 0 aromatic carbocycles. The van der Waals surface area contributed by atoms with Gasteiger partial charge in [0.2, 0.25) is 0 Å². The summed E-state index contributed by atoms with van der Waals surface area (Å²) < 4.78 is 88.8. The minimum atomic E-state index is -4.39. The van der Waals surface area contributed by atoms with Crippen LogP contribution in [0.2, 0.25) is 0 Å². The van der Waals surface area contributed by atoms with Crippen molar-refractivity contribution in [1.82, 2.24) is 0 Å². The second-order valence-corrected chi connectivity index (χ2v) is 14.5. The zero-order valence-electron chi connectivity index (χ0n) is 34.7. The number of allylic oxidation sites excluding steroid dienone is 2. The highest BCUT2D eigenvalue weighted by atomic mass is 32.2. The number of carbonyl (C=O) groups excluding carboxylic acids is 1. The lowest BCUT2D eigenvalue weighted by molar-refractivity contribution is -0.142. The van der Waals surface area contributed by atoms with E-state index < -0.39 is 21.8 Å². The normalized spacial score (nSPS) is 12.0. The predicted octanol–water partition coefficient (Wildman–Crippen LogP) is 5.62. The maximum absolute atomic E-state index is 11.1. The Balaban J connectivity index is 3.11. The third kappa shape index (κ3) is 50.7. The quantitative estimate of drug-likeness (QED) is 0.0346. The van der Waals surface area contributed by atoms with Crippen molar-refractivity contribution >= 4 is 16.1 Å². The molecule has 0 saturated heterocycles. The first-order valence-electron chi connectivity index (χ1n) is 21.0.